The van der Waals surface area contributed by atoms with Crippen molar-refractivity contribution in [1.29, 1.82) is 0 Å². The van der Waals surface area contributed by atoms with Gasteiger partial charge in [-0.2, -0.15) is 0 Å². The van der Waals surface area contributed by atoms with Gasteiger partial charge in [0.1, 0.15) is 5.82 Å². The first kappa shape index (κ1) is 16.4. The summed E-state index contributed by atoms with van der Waals surface area (Å²) >= 11 is 0. The van der Waals surface area contributed by atoms with E-state index in [0.29, 0.717) is 12.6 Å². The molecule has 118 valence electrons. The molecule has 1 N–H and O–H groups in total. The molecule has 0 radical (unpaired) electrons. The molecule has 2 rings (SSSR count). The van der Waals surface area contributed by atoms with Crippen LogP contribution < -0.4 is 0 Å². The van der Waals surface area contributed by atoms with Gasteiger partial charge in [0, 0.05) is 45.9 Å². The molecule has 0 spiro atoms. The molecule has 1 saturated heterocycles. The first-order valence-electron chi connectivity index (χ1n) is 7.49. The summed E-state index contributed by atoms with van der Waals surface area (Å²) in [7, 11) is 1.72. The van der Waals surface area contributed by atoms with Gasteiger partial charge in [0.05, 0.1) is 12.7 Å². The molecule has 1 aliphatic heterocycles. The zero-order chi connectivity index (χ0) is 15.2. The van der Waals surface area contributed by atoms with Crippen LogP contribution in [0.2, 0.25) is 0 Å². The van der Waals surface area contributed by atoms with Crippen LogP contribution in [0.15, 0.2) is 24.3 Å². The third kappa shape index (κ3) is 4.74. The zero-order valence-electron chi connectivity index (χ0n) is 12.8. The second kappa shape index (κ2) is 7.84. The minimum absolute atomic E-state index is 0.272. The van der Waals surface area contributed by atoms with Gasteiger partial charge in [0.25, 0.3) is 0 Å². The molecular weight excluding hydrogens is 271 g/mol. The smallest absolute Gasteiger partial charge is 0.123 e. The van der Waals surface area contributed by atoms with Crippen molar-refractivity contribution >= 4 is 0 Å². The first-order chi connectivity index (χ1) is 10.1. The summed E-state index contributed by atoms with van der Waals surface area (Å²) in [5.74, 6) is -0.272. The lowest BCUT2D eigenvalue weighted by Gasteiger charge is -2.40. The molecule has 2 atom stereocenters. The van der Waals surface area contributed by atoms with E-state index < -0.39 is 6.10 Å². The summed E-state index contributed by atoms with van der Waals surface area (Å²) < 4.78 is 18.0. The van der Waals surface area contributed by atoms with E-state index in [1.807, 2.05) is 0 Å². The van der Waals surface area contributed by atoms with E-state index in [1.54, 1.807) is 19.2 Å². The lowest BCUT2D eigenvalue weighted by atomic mass is 10.1. The van der Waals surface area contributed by atoms with Gasteiger partial charge in [-0.1, -0.05) is 12.1 Å². The molecule has 5 heteroatoms. The van der Waals surface area contributed by atoms with Crippen molar-refractivity contribution in [2.75, 3.05) is 46.4 Å². The van der Waals surface area contributed by atoms with Gasteiger partial charge in [0.2, 0.25) is 0 Å². The molecule has 0 aromatic heterocycles. The average molecular weight is 296 g/mol. The van der Waals surface area contributed by atoms with Gasteiger partial charge >= 0.3 is 0 Å². The molecule has 0 unspecified atom stereocenters. The van der Waals surface area contributed by atoms with Gasteiger partial charge in [-0.25, -0.2) is 4.39 Å². The van der Waals surface area contributed by atoms with Crippen molar-refractivity contribution in [3.63, 3.8) is 0 Å². The van der Waals surface area contributed by atoms with Gasteiger partial charge in [-0.05, 0) is 24.6 Å². The summed E-state index contributed by atoms with van der Waals surface area (Å²) in [4.78, 5) is 4.67. The number of hydrogen-bond acceptors (Lipinski definition) is 4. The van der Waals surface area contributed by atoms with Crippen LogP contribution in [0, 0.1) is 5.82 Å². The number of ether oxygens (including phenoxy) is 1. The number of aliphatic hydroxyl groups is 1. The Morgan fingerprint density at radius 2 is 2.05 bits per heavy atom. The Morgan fingerprint density at radius 1 is 1.33 bits per heavy atom. The monoisotopic (exact) mass is 296 g/mol. The fraction of sp³-hybridized carbons (Fsp3) is 0.625. The van der Waals surface area contributed by atoms with E-state index in [9.17, 15) is 9.50 Å². The predicted octanol–water partition coefficient (Wildman–Crippen LogP) is 1.51. The van der Waals surface area contributed by atoms with Crippen molar-refractivity contribution in [3.8, 4) is 0 Å². The normalized spacial score (nSPS) is 22.4. The summed E-state index contributed by atoms with van der Waals surface area (Å²) in [6.45, 7) is 7.35. The SMILES string of the molecule is COCCN1CCN(C[C@@H](O)c2ccc(F)cc2)C[C@H]1C. The van der Waals surface area contributed by atoms with Gasteiger partial charge in [-0.3, -0.25) is 9.80 Å². The highest BCUT2D eigenvalue weighted by molar-refractivity contribution is 5.18. The Bertz CT molecular complexity index is 427. The highest BCUT2D eigenvalue weighted by atomic mass is 19.1. The summed E-state index contributed by atoms with van der Waals surface area (Å²) in [6, 6.07) is 6.54. The van der Waals surface area contributed by atoms with Crippen molar-refractivity contribution in [1.82, 2.24) is 9.80 Å². The fourth-order valence-corrected chi connectivity index (χ4v) is 2.81. The Labute approximate surface area is 126 Å². The number of rotatable bonds is 6. The number of methoxy groups -OCH3 is 1. The Morgan fingerprint density at radius 3 is 2.67 bits per heavy atom. The van der Waals surface area contributed by atoms with Gasteiger partial charge in [-0.15, -0.1) is 0 Å². The largest absolute Gasteiger partial charge is 0.387 e. The maximum absolute atomic E-state index is 12.9. The standard InChI is InChI=1S/C16H25FN2O2/c1-13-11-18(7-8-19(13)9-10-21-2)12-16(20)14-3-5-15(17)6-4-14/h3-6,13,16,20H,7-12H2,1-2H3/t13-,16-/m1/s1. The van der Waals surface area contributed by atoms with Crippen LogP contribution >= 0.6 is 0 Å². The molecule has 1 aromatic rings. The van der Waals surface area contributed by atoms with Crippen molar-refractivity contribution in [2.24, 2.45) is 0 Å². The third-order valence-corrected chi connectivity index (χ3v) is 4.12. The average Bonchev–Trinajstić information content (AvgIpc) is 2.47. The summed E-state index contributed by atoms with van der Waals surface area (Å²) in [5, 5.41) is 10.3. The number of benzene rings is 1. The molecule has 1 fully saturated rings. The molecule has 1 heterocycles. The number of halogens is 1. The van der Waals surface area contributed by atoms with E-state index in [-0.39, 0.29) is 5.82 Å². The van der Waals surface area contributed by atoms with E-state index in [0.717, 1.165) is 38.3 Å². The number of hydrogen-bond donors (Lipinski definition) is 1. The van der Waals surface area contributed by atoms with Crippen molar-refractivity contribution in [2.45, 2.75) is 19.1 Å². The van der Waals surface area contributed by atoms with Crippen LogP contribution in [-0.4, -0.2) is 67.4 Å². The third-order valence-electron chi connectivity index (χ3n) is 4.12. The van der Waals surface area contributed by atoms with Crippen LogP contribution in [0.3, 0.4) is 0 Å². The van der Waals surface area contributed by atoms with Crippen molar-refractivity contribution in [3.05, 3.63) is 35.6 Å². The lowest BCUT2D eigenvalue weighted by molar-refractivity contribution is 0.0330. The van der Waals surface area contributed by atoms with E-state index in [1.165, 1.54) is 12.1 Å². The van der Waals surface area contributed by atoms with Gasteiger partial charge < -0.3 is 9.84 Å². The molecular formula is C16H25FN2O2. The molecule has 0 saturated carbocycles. The van der Waals surface area contributed by atoms with E-state index >= 15 is 0 Å². The number of β-amino-alcohol motifs (C(OH)–C–C–N with tert-alkyl or cyclic N) is 1. The summed E-state index contributed by atoms with van der Waals surface area (Å²) in [5.41, 5.74) is 0.769. The number of nitrogens with zero attached hydrogens (tertiary/aromatic N) is 2. The maximum Gasteiger partial charge on any atom is 0.123 e. The summed E-state index contributed by atoms with van der Waals surface area (Å²) in [6.07, 6.45) is -0.566. The number of piperazine rings is 1. The van der Waals surface area contributed by atoms with E-state index in [2.05, 4.69) is 16.7 Å². The van der Waals surface area contributed by atoms with Gasteiger partial charge in [0.15, 0.2) is 0 Å². The van der Waals surface area contributed by atoms with E-state index in [4.69, 9.17) is 4.74 Å². The van der Waals surface area contributed by atoms with Crippen molar-refractivity contribution < 1.29 is 14.2 Å². The molecule has 0 bridgehead atoms. The molecule has 21 heavy (non-hydrogen) atoms. The Balaban J connectivity index is 1.83. The molecule has 1 aliphatic rings. The van der Waals surface area contributed by atoms with Crippen LogP contribution in [0.5, 0.6) is 0 Å². The molecule has 0 amide bonds. The zero-order valence-corrected chi connectivity index (χ0v) is 12.8. The Hall–Kier alpha value is -1.01. The van der Waals surface area contributed by atoms with Crippen LogP contribution in [-0.2, 0) is 4.74 Å². The Kier molecular flexibility index (Phi) is 6.11. The number of aliphatic hydroxyl groups excluding tert-OH is 1. The minimum atomic E-state index is -0.566. The van der Waals surface area contributed by atoms with Crippen LogP contribution in [0.4, 0.5) is 4.39 Å². The van der Waals surface area contributed by atoms with Crippen LogP contribution in [0.1, 0.15) is 18.6 Å². The predicted molar refractivity (Wildman–Crippen MR) is 80.7 cm³/mol. The maximum atomic E-state index is 12.9. The quantitative estimate of drug-likeness (QED) is 0.863. The molecule has 4 nitrogen and oxygen atoms in total. The van der Waals surface area contributed by atoms with Crippen LogP contribution in [0.25, 0.3) is 0 Å². The topological polar surface area (TPSA) is 35.9 Å². The second-order valence-corrected chi connectivity index (χ2v) is 5.70. The minimum Gasteiger partial charge on any atom is -0.387 e. The first-order valence-corrected chi connectivity index (χ1v) is 7.49. The highest BCUT2D eigenvalue weighted by Crippen LogP contribution is 2.17. The lowest BCUT2D eigenvalue weighted by Crippen LogP contribution is -2.53. The fourth-order valence-electron chi connectivity index (χ4n) is 2.81. The molecule has 1 aromatic carbocycles. The molecule has 0 aliphatic carbocycles. The second-order valence-electron chi connectivity index (χ2n) is 5.70. The highest BCUT2D eigenvalue weighted by Gasteiger charge is 2.24.